The number of ether oxygens (including phenoxy) is 1. The summed E-state index contributed by atoms with van der Waals surface area (Å²) in [5.41, 5.74) is 1.32. The fraction of sp³-hybridized carbons (Fsp3) is 0.647. The van der Waals surface area contributed by atoms with E-state index in [1.807, 2.05) is 0 Å². The lowest BCUT2D eigenvalue weighted by atomic mass is 10.00. The third kappa shape index (κ3) is 3.73. The van der Waals surface area contributed by atoms with E-state index in [0.717, 1.165) is 24.7 Å². The average Bonchev–Trinajstić information content (AvgIpc) is 2.86. The summed E-state index contributed by atoms with van der Waals surface area (Å²) in [6, 6.07) is 9.12. The molecule has 0 radical (unpaired) electrons. The molecule has 1 aromatic carbocycles. The monoisotopic (exact) mass is 261 g/mol. The Morgan fingerprint density at radius 1 is 1.26 bits per heavy atom. The Balaban J connectivity index is 1.86. The van der Waals surface area contributed by atoms with Crippen LogP contribution in [0.25, 0.3) is 0 Å². The largest absolute Gasteiger partial charge is 0.493 e. The molecule has 1 fully saturated rings. The highest BCUT2D eigenvalue weighted by Gasteiger charge is 2.25. The average molecular weight is 261 g/mol. The molecule has 106 valence electrons. The maximum absolute atomic E-state index is 6.03. The van der Waals surface area contributed by atoms with Crippen LogP contribution in [0, 0.1) is 5.92 Å². The predicted molar refractivity (Wildman–Crippen MR) is 80.8 cm³/mol. The Hall–Kier alpha value is -1.02. The van der Waals surface area contributed by atoms with Gasteiger partial charge in [0.25, 0.3) is 0 Å². The number of nitrogens with one attached hydrogen (secondary N) is 1. The Labute approximate surface area is 117 Å². The first-order chi connectivity index (χ1) is 9.22. The van der Waals surface area contributed by atoms with E-state index >= 15 is 0 Å². The van der Waals surface area contributed by atoms with Crippen LogP contribution in [0.5, 0.6) is 5.75 Å². The number of para-hydroxylation sites is 1. The van der Waals surface area contributed by atoms with Gasteiger partial charge in [0.05, 0.1) is 6.61 Å². The number of hydrogen-bond donors (Lipinski definition) is 1. The summed E-state index contributed by atoms with van der Waals surface area (Å²) in [6.07, 6.45) is 5.20. The molecule has 2 rings (SSSR count). The van der Waals surface area contributed by atoms with Crippen molar-refractivity contribution in [2.24, 2.45) is 5.92 Å². The molecule has 2 atom stereocenters. The molecule has 2 nitrogen and oxygen atoms in total. The fourth-order valence-electron chi connectivity index (χ4n) is 3.17. The minimum absolute atomic E-state index is 0.521. The highest BCUT2D eigenvalue weighted by molar-refractivity contribution is 5.35. The zero-order chi connectivity index (χ0) is 13.7. The van der Waals surface area contributed by atoms with Crippen LogP contribution in [0.4, 0.5) is 0 Å². The van der Waals surface area contributed by atoms with Gasteiger partial charge < -0.3 is 10.1 Å². The maximum Gasteiger partial charge on any atom is 0.122 e. The molecule has 0 spiro atoms. The molecular weight excluding hydrogens is 234 g/mol. The van der Waals surface area contributed by atoms with E-state index in [1.165, 1.54) is 24.8 Å². The van der Waals surface area contributed by atoms with Gasteiger partial charge in [0, 0.05) is 6.04 Å². The molecule has 0 aromatic heterocycles. The van der Waals surface area contributed by atoms with Gasteiger partial charge in [-0.3, -0.25) is 0 Å². The number of rotatable bonds is 6. The first-order valence-electron chi connectivity index (χ1n) is 7.61. The van der Waals surface area contributed by atoms with Gasteiger partial charge in [-0.2, -0.15) is 0 Å². The van der Waals surface area contributed by atoms with Gasteiger partial charge in [-0.05, 0) is 49.8 Å². The van der Waals surface area contributed by atoms with Crippen LogP contribution < -0.4 is 10.1 Å². The van der Waals surface area contributed by atoms with Crippen molar-refractivity contribution in [2.75, 3.05) is 13.7 Å². The second-order valence-corrected chi connectivity index (χ2v) is 5.92. The molecule has 0 heterocycles. The Morgan fingerprint density at radius 2 is 2.05 bits per heavy atom. The molecule has 19 heavy (non-hydrogen) atoms. The maximum atomic E-state index is 6.03. The lowest BCUT2D eigenvalue weighted by Gasteiger charge is -2.20. The summed E-state index contributed by atoms with van der Waals surface area (Å²) in [5.74, 6) is 2.38. The standard InChI is InChI=1S/C17H27NO/c1-13(2)15-8-4-5-10-17(15)19-12-11-14-7-6-9-16(14)18-3/h4-5,8,10,13-14,16,18H,6-7,9,11-12H2,1-3H3. The normalized spacial score (nSPS) is 22.9. The van der Waals surface area contributed by atoms with Gasteiger partial charge in [0.15, 0.2) is 0 Å². The van der Waals surface area contributed by atoms with Crippen LogP contribution in [-0.2, 0) is 0 Å². The van der Waals surface area contributed by atoms with Crippen molar-refractivity contribution in [2.45, 2.75) is 51.5 Å². The summed E-state index contributed by atoms with van der Waals surface area (Å²) in [7, 11) is 2.08. The molecule has 2 unspecified atom stereocenters. The molecule has 1 aromatic rings. The summed E-state index contributed by atoms with van der Waals surface area (Å²) < 4.78 is 6.03. The van der Waals surface area contributed by atoms with Crippen LogP contribution in [0.3, 0.4) is 0 Å². The van der Waals surface area contributed by atoms with E-state index in [0.29, 0.717) is 12.0 Å². The molecule has 0 bridgehead atoms. The molecule has 1 saturated carbocycles. The molecule has 0 saturated heterocycles. The zero-order valence-corrected chi connectivity index (χ0v) is 12.5. The Bertz CT molecular complexity index is 389. The van der Waals surface area contributed by atoms with Crippen molar-refractivity contribution < 1.29 is 4.74 Å². The predicted octanol–water partition coefficient (Wildman–Crippen LogP) is 3.97. The van der Waals surface area contributed by atoms with E-state index in [1.54, 1.807) is 0 Å². The molecule has 1 N–H and O–H groups in total. The van der Waals surface area contributed by atoms with Crippen LogP contribution in [-0.4, -0.2) is 19.7 Å². The zero-order valence-electron chi connectivity index (χ0n) is 12.5. The van der Waals surface area contributed by atoms with E-state index in [9.17, 15) is 0 Å². The summed E-state index contributed by atoms with van der Waals surface area (Å²) >= 11 is 0. The van der Waals surface area contributed by atoms with Crippen molar-refractivity contribution in [3.05, 3.63) is 29.8 Å². The molecular formula is C17H27NO. The third-order valence-corrected chi connectivity index (χ3v) is 4.32. The topological polar surface area (TPSA) is 21.3 Å². The lowest BCUT2D eigenvalue weighted by Crippen LogP contribution is -2.29. The lowest BCUT2D eigenvalue weighted by molar-refractivity contribution is 0.261. The van der Waals surface area contributed by atoms with Crippen molar-refractivity contribution in [3.8, 4) is 5.75 Å². The number of hydrogen-bond acceptors (Lipinski definition) is 2. The van der Waals surface area contributed by atoms with E-state index in [2.05, 4.69) is 50.5 Å². The highest BCUT2D eigenvalue weighted by Crippen LogP contribution is 2.30. The molecule has 0 aliphatic heterocycles. The minimum atomic E-state index is 0.521. The minimum Gasteiger partial charge on any atom is -0.493 e. The van der Waals surface area contributed by atoms with Crippen LogP contribution in [0.2, 0.25) is 0 Å². The highest BCUT2D eigenvalue weighted by atomic mass is 16.5. The van der Waals surface area contributed by atoms with Crippen molar-refractivity contribution in [1.82, 2.24) is 5.32 Å². The summed E-state index contributed by atoms with van der Waals surface area (Å²) in [5, 5.41) is 3.44. The van der Waals surface area contributed by atoms with E-state index in [-0.39, 0.29) is 0 Å². The summed E-state index contributed by atoms with van der Waals surface area (Å²) in [4.78, 5) is 0. The first-order valence-corrected chi connectivity index (χ1v) is 7.61. The van der Waals surface area contributed by atoms with Gasteiger partial charge in [0.1, 0.15) is 5.75 Å². The van der Waals surface area contributed by atoms with Gasteiger partial charge in [-0.1, -0.05) is 38.5 Å². The SMILES string of the molecule is CNC1CCCC1CCOc1ccccc1C(C)C. The quantitative estimate of drug-likeness (QED) is 0.836. The van der Waals surface area contributed by atoms with Crippen molar-refractivity contribution >= 4 is 0 Å². The first kappa shape index (κ1) is 14.4. The van der Waals surface area contributed by atoms with E-state index < -0.39 is 0 Å². The number of benzene rings is 1. The van der Waals surface area contributed by atoms with Crippen LogP contribution in [0.15, 0.2) is 24.3 Å². The van der Waals surface area contributed by atoms with Gasteiger partial charge >= 0.3 is 0 Å². The van der Waals surface area contributed by atoms with Crippen molar-refractivity contribution in [1.29, 1.82) is 0 Å². The van der Waals surface area contributed by atoms with Gasteiger partial charge in [-0.25, -0.2) is 0 Å². The van der Waals surface area contributed by atoms with Crippen molar-refractivity contribution in [3.63, 3.8) is 0 Å². The smallest absolute Gasteiger partial charge is 0.122 e. The molecule has 2 heteroatoms. The fourth-order valence-corrected chi connectivity index (χ4v) is 3.17. The second kappa shape index (κ2) is 6.95. The van der Waals surface area contributed by atoms with Gasteiger partial charge in [0.2, 0.25) is 0 Å². The summed E-state index contributed by atoms with van der Waals surface area (Å²) in [6.45, 7) is 5.28. The third-order valence-electron chi connectivity index (χ3n) is 4.32. The van der Waals surface area contributed by atoms with Gasteiger partial charge in [-0.15, -0.1) is 0 Å². The van der Waals surface area contributed by atoms with E-state index in [4.69, 9.17) is 4.74 Å². The van der Waals surface area contributed by atoms with Crippen LogP contribution in [0.1, 0.15) is 51.0 Å². The molecule has 0 amide bonds. The molecule has 1 aliphatic rings. The molecule has 1 aliphatic carbocycles. The Kier molecular flexibility index (Phi) is 5.26. The Morgan fingerprint density at radius 3 is 2.79 bits per heavy atom. The van der Waals surface area contributed by atoms with Crippen LogP contribution >= 0.6 is 0 Å². The second-order valence-electron chi connectivity index (χ2n) is 5.92.